The van der Waals surface area contributed by atoms with Gasteiger partial charge in [-0.2, -0.15) is 0 Å². The van der Waals surface area contributed by atoms with E-state index in [9.17, 15) is 4.79 Å². The van der Waals surface area contributed by atoms with E-state index in [0.29, 0.717) is 43.3 Å². The highest BCUT2D eigenvalue weighted by molar-refractivity contribution is 5.95. The molecular formula is C19H23N3O3. The average Bonchev–Trinajstić information content (AvgIpc) is 3.04. The van der Waals surface area contributed by atoms with Crippen molar-refractivity contribution in [3.05, 3.63) is 52.8 Å². The molecule has 0 spiro atoms. The van der Waals surface area contributed by atoms with Gasteiger partial charge in [0.15, 0.2) is 11.5 Å². The molecule has 1 aromatic heterocycles. The summed E-state index contributed by atoms with van der Waals surface area (Å²) in [5.74, 6) is 1.15. The summed E-state index contributed by atoms with van der Waals surface area (Å²) < 4.78 is 11.0. The standard InChI is InChI=1S/C19H23N3O3/c1-13-8-15-11-22(12-16(15)10-21-13)19(23)14-4-5-17(24-2)18(9-14)25-7-3-6-20/h4-5,8-10H,3,6-7,11-12,20H2,1-2H3. The first-order chi connectivity index (χ1) is 12.1. The van der Waals surface area contributed by atoms with Gasteiger partial charge in [-0.1, -0.05) is 0 Å². The Morgan fingerprint density at radius 3 is 2.80 bits per heavy atom. The van der Waals surface area contributed by atoms with Crippen LogP contribution >= 0.6 is 0 Å². The van der Waals surface area contributed by atoms with Crippen molar-refractivity contribution in [1.29, 1.82) is 0 Å². The van der Waals surface area contributed by atoms with Gasteiger partial charge >= 0.3 is 0 Å². The van der Waals surface area contributed by atoms with Crippen LogP contribution in [0.3, 0.4) is 0 Å². The first-order valence-electron chi connectivity index (χ1n) is 8.37. The molecular weight excluding hydrogens is 318 g/mol. The van der Waals surface area contributed by atoms with Crippen LogP contribution in [0.1, 0.15) is 33.6 Å². The lowest BCUT2D eigenvalue weighted by Gasteiger charge is -2.17. The molecule has 6 nitrogen and oxygen atoms in total. The number of benzene rings is 1. The number of aromatic nitrogens is 1. The van der Waals surface area contributed by atoms with E-state index in [-0.39, 0.29) is 5.91 Å². The summed E-state index contributed by atoms with van der Waals surface area (Å²) >= 11 is 0. The average molecular weight is 341 g/mol. The molecule has 0 fully saturated rings. The van der Waals surface area contributed by atoms with Crippen LogP contribution in [-0.4, -0.2) is 36.1 Å². The van der Waals surface area contributed by atoms with Crippen LogP contribution in [0.15, 0.2) is 30.5 Å². The maximum absolute atomic E-state index is 12.9. The van der Waals surface area contributed by atoms with Crippen LogP contribution in [0, 0.1) is 6.92 Å². The summed E-state index contributed by atoms with van der Waals surface area (Å²) in [6, 6.07) is 7.31. The minimum absolute atomic E-state index is 0.0276. The first-order valence-corrected chi connectivity index (χ1v) is 8.37. The van der Waals surface area contributed by atoms with E-state index in [2.05, 4.69) is 4.98 Å². The quantitative estimate of drug-likeness (QED) is 0.816. The number of pyridine rings is 1. The molecule has 0 radical (unpaired) electrons. The van der Waals surface area contributed by atoms with E-state index in [4.69, 9.17) is 15.2 Å². The van der Waals surface area contributed by atoms with E-state index >= 15 is 0 Å². The summed E-state index contributed by atoms with van der Waals surface area (Å²) in [5, 5.41) is 0. The van der Waals surface area contributed by atoms with Crippen molar-refractivity contribution in [2.75, 3.05) is 20.3 Å². The Hall–Kier alpha value is -2.60. The predicted molar refractivity (Wildman–Crippen MR) is 94.7 cm³/mol. The second kappa shape index (κ2) is 7.53. The fourth-order valence-electron chi connectivity index (χ4n) is 2.92. The molecule has 0 bridgehead atoms. The van der Waals surface area contributed by atoms with Gasteiger partial charge in [-0.25, -0.2) is 0 Å². The second-order valence-electron chi connectivity index (χ2n) is 6.11. The summed E-state index contributed by atoms with van der Waals surface area (Å²) in [6.45, 7) is 4.19. The molecule has 0 saturated carbocycles. The topological polar surface area (TPSA) is 77.7 Å². The molecule has 1 aromatic carbocycles. The van der Waals surface area contributed by atoms with E-state index in [1.54, 1.807) is 25.3 Å². The van der Waals surface area contributed by atoms with Crippen LogP contribution in [0.2, 0.25) is 0 Å². The van der Waals surface area contributed by atoms with Crippen LogP contribution in [-0.2, 0) is 13.1 Å². The third-order valence-corrected chi connectivity index (χ3v) is 4.25. The number of nitrogens with two attached hydrogens (primary N) is 1. The molecule has 2 N–H and O–H groups in total. The Morgan fingerprint density at radius 2 is 2.04 bits per heavy atom. The van der Waals surface area contributed by atoms with Crippen LogP contribution in [0.25, 0.3) is 0 Å². The molecule has 25 heavy (non-hydrogen) atoms. The molecule has 6 heteroatoms. The van der Waals surface area contributed by atoms with Gasteiger partial charge in [0.1, 0.15) is 0 Å². The first kappa shape index (κ1) is 17.2. The molecule has 2 aromatic rings. The number of carbonyl (C=O) groups excluding carboxylic acids is 1. The highest BCUT2D eigenvalue weighted by Crippen LogP contribution is 2.30. The maximum atomic E-state index is 12.9. The molecule has 0 unspecified atom stereocenters. The lowest BCUT2D eigenvalue weighted by atomic mass is 10.1. The van der Waals surface area contributed by atoms with Crippen molar-refractivity contribution < 1.29 is 14.3 Å². The van der Waals surface area contributed by atoms with E-state index in [0.717, 1.165) is 23.2 Å². The molecule has 0 atom stereocenters. The predicted octanol–water partition coefficient (Wildman–Crippen LogP) is 2.28. The fraction of sp³-hybridized carbons (Fsp3) is 0.368. The fourth-order valence-corrected chi connectivity index (χ4v) is 2.92. The Bertz CT molecular complexity index is 777. The number of ether oxygens (including phenoxy) is 2. The number of rotatable bonds is 6. The smallest absolute Gasteiger partial charge is 0.254 e. The molecule has 2 heterocycles. The molecule has 1 amide bonds. The maximum Gasteiger partial charge on any atom is 0.254 e. The van der Waals surface area contributed by atoms with Gasteiger partial charge in [-0.15, -0.1) is 0 Å². The normalized spacial score (nSPS) is 12.8. The van der Waals surface area contributed by atoms with E-state index in [1.807, 2.05) is 24.1 Å². The highest BCUT2D eigenvalue weighted by Gasteiger charge is 2.25. The summed E-state index contributed by atoms with van der Waals surface area (Å²) in [5.41, 5.74) is 9.31. The number of amides is 1. The number of carbonyl (C=O) groups is 1. The van der Waals surface area contributed by atoms with Crippen LogP contribution < -0.4 is 15.2 Å². The van der Waals surface area contributed by atoms with Crippen molar-refractivity contribution >= 4 is 5.91 Å². The largest absolute Gasteiger partial charge is 0.493 e. The third kappa shape index (κ3) is 3.74. The second-order valence-corrected chi connectivity index (χ2v) is 6.11. The van der Waals surface area contributed by atoms with E-state index < -0.39 is 0 Å². The van der Waals surface area contributed by atoms with Gasteiger partial charge in [0.25, 0.3) is 5.91 Å². The Labute approximate surface area is 147 Å². The Morgan fingerprint density at radius 1 is 1.24 bits per heavy atom. The molecule has 1 aliphatic rings. The van der Waals surface area contributed by atoms with Crippen molar-refractivity contribution in [3.8, 4) is 11.5 Å². The zero-order valence-corrected chi connectivity index (χ0v) is 14.6. The monoisotopic (exact) mass is 341 g/mol. The lowest BCUT2D eigenvalue weighted by molar-refractivity contribution is 0.0751. The number of hydrogen-bond acceptors (Lipinski definition) is 5. The number of nitrogens with zero attached hydrogens (tertiary/aromatic N) is 2. The lowest BCUT2D eigenvalue weighted by Crippen LogP contribution is -2.25. The summed E-state index contributed by atoms with van der Waals surface area (Å²) in [4.78, 5) is 19.0. The molecule has 1 aliphatic heterocycles. The number of methoxy groups -OCH3 is 1. The van der Waals surface area contributed by atoms with Crippen LogP contribution in [0.5, 0.6) is 11.5 Å². The van der Waals surface area contributed by atoms with Crippen molar-refractivity contribution in [2.45, 2.75) is 26.4 Å². The van der Waals surface area contributed by atoms with Crippen molar-refractivity contribution in [1.82, 2.24) is 9.88 Å². The minimum atomic E-state index is -0.0276. The molecule has 132 valence electrons. The molecule has 3 rings (SSSR count). The van der Waals surface area contributed by atoms with Gasteiger partial charge in [-0.05, 0) is 55.3 Å². The van der Waals surface area contributed by atoms with Gasteiger partial charge in [0, 0.05) is 30.5 Å². The van der Waals surface area contributed by atoms with Gasteiger partial charge in [-0.3, -0.25) is 9.78 Å². The summed E-state index contributed by atoms with van der Waals surface area (Å²) in [7, 11) is 1.58. The zero-order valence-electron chi connectivity index (χ0n) is 14.6. The van der Waals surface area contributed by atoms with Crippen molar-refractivity contribution in [3.63, 3.8) is 0 Å². The SMILES string of the molecule is COc1ccc(C(=O)N2Cc3cnc(C)cc3C2)cc1OCCCN. The van der Waals surface area contributed by atoms with Gasteiger partial charge in [0.2, 0.25) is 0 Å². The van der Waals surface area contributed by atoms with Crippen LogP contribution in [0.4, 0.5) is 0 Å². The number of aryl methyl sites for hydroxylation is 1. The molecule has 0 aliphatic carbocycles. The van der Waals surface area contributed by atoms with Crippen molar-refractivity contribution in [2.24, 2.45) is 5.73 Å². The van der Waals surface area contributed by atoms with E-state index in [1.165, 1.54) is 0 Å². The highest BCUT2D eigenvalue weighted by atomic mass is 16.5. The zero-order chi connectivity index (χ0) is 17.8. The summed E-state index contributed by atoms with van der Waals surface area (Å²) in [6.07, 6.45) is 2.60. The molecule has 0 saturated heterocycles. The third-order valence-electron chi connectivity index (χ3n) is 4.25. The Balaban J connectivity index is 1.77. The van der Waals surface area contributed by atoms with Gasteiger partial charge < -0.3 is 20.1 Å². The minimum Gasteiger partial charge on any atom is -0.493 e. The Kier molecular flexibility index (Phi) is 5.19. The van der Waals surface area contributed by atoms with Gasteiger partial charge in [0.05, 0.1) is 13.7 Å². The number of fused-ring (bicyclic) bond motifs is 1. The number of hydrogen-bond donors (Lipinski definition) is 1.